The Hall–Kier alpha value is -2.66. The lowest BCUT2D eigenvalue weighted by atomic mass is 9.89. The molecule has 4 rings (SSSR count). The van der Waals surface area contributed by atoms with Crippen LogP contribution in [0.5, 0.6) is 0 Å². The average Bonchev–Trinajstić information content (AvgIpc) is 3.16. The number of aromatic nitrogens is 2. The van der Waals surface area contributed by atoms with Gasteiger partial charge in [-0.25, -0.2) is 0 Å². The van der Waals surface area contributed by atoms with Gasteiger partial charge in [-0.05, 0) is 73.0 Å². The van der Waals surface area contributed by atoms with Gasteiger partial charge in [0.1, 0.15) is 6.54 Å². The average molecular weight is 405 g/mol. The highest BCUT2D eigenvalue weighted by molar-refractivity contribution is 5.87. The summed E-state index contributed by atoms with van der Waals surface area (Å²) in [5.41, 5.74) is 4.36. The van der Waals surface area contributed by atoms with Crippen molar-refractivity contribution in [1.29, 1.82) is 0 Å². The zero-order valence-electron chi connectivity index (χ0n) is 17.9. The number of aryl methyl sites for hydroxylation is 1. The van der Waals surface area contributed by atoms with Crippen molar-refractivity contribution >= 4 is 16.8 Å². The van der Waals surface area contributed by atoms with E-state index < -0.39 is 0 Å². The smallest absolute Gasteiger partial charge is 0.239 e. The molecule has 0 bridgehead atoms. The highest BCUT2D eigenvalue weighted by Crippen LogP contribution is 2.25. The van der Waals surface area contributed by atoms with Gasteiger partial charge in [-0.2, -0.15) is 0 Å². The van der Waals surface area contributed by atoms with Crippen molar-refractivity contribution in [3.8, 4) is 11.1 Å². The predicted molar refractivity (Wildman–Crippen MR) is 122 cm³/mol. The maximum atomic E-state index is 12.5. The van der Waals surface area contributed by atoms with Crippen molar-refractivity contribution in [2.75, 3.05) is 19.6 Å². The zero-order chi connectivity index (χ0) is 20.8. The molecule has 1 aliphatic rings. The molecule has 2 aromatic heterocycles. The lowest BCUT2D eigenvalue weighted by molar-refractivity contribution is -0.121. The number of nitrogens with one attached hydrogen (secondary N) is 2. The fraction of sp³-hybridized carbons (Fsp3) is 0.440. The monoisotopic (exact) mass is 404 g/mol. The van der Waals surface area contributed by atoms with Crippen LogP contribution in [0.1, 0.15) is 37.8 Å². The van der Waals surface area contributed by atoms with Gasteiger partial charge in [-0.1, -0.05) is 31.4 Å². The molecule has 2 heterocycles. The molecule has 0 radical (unpaired) electrons. The van der Waals surface area contributed by atoms with Crippen molar-refractivity contribution in [1.82, 2.24) is 20.2 Å². The van der Waals surface area contributed by atoms with Crippen LogP contribution in [0.15, 0.2) is 48.8 Å². The first kappa shape index (κ1) is 20.6. The van der Waals surface area contributed by atoms with Crippen LogP contribution in [-0.4, -0.2) is 35.1 Å². The number of amides is 1. The van der Waals surface area contributed by atoms with E-state index in [1.807, 2.05) is 30.0 Å². The van der Waals surface area contributed by atoms with Crippen molar-refractivity contribution < 1.29 is 4.79 Å². The number of pyridine rings is 1. The van der Waals surface area contributed by atoms with E-state index in [9.17, 15) is 4.79 Å². The molecule has 3 aromatic rings. The van der Waals surface area contributed by atoms with Gasteiger partial charge in [0.05, 0.1) is 0 Å². The standard InChI is InChI=1S/C25H32N4O/c1-19-15-23(9-11-27-19)22-8-7-21-10-14-29(24(21)16-22)18-25(30)28-13-12-26-17-20-5-3-2-4-6-20/h7-11,14-16,20,26H,2-6,12-13,17-18H2,1H3,(H,28,30). The molecular formula is C25H32N4O. The number of nitrogens with zero attached hydrogens (tertiary/aromatic N) is 2. The Labute approximate surface area is 178 Å². The topological polar surface area (TPSA) is 59.0 Å². The van der Waals surface area contributed by atoms with E-state index in [0.29, 0.717) is 13.1 Å². The highest BCUT2D eigenvalue weighted by Gasteiger charge is 2.12. The Kier molecular flexibility index (Phi) is 6.80. The van der Waals surface area contributed by atoms with Crippen molar-refractivity contribution in [2.45, 2.75) is 45.6 Å². The van der Waals surface area contributed by atoms with Gasteiger partial charge in [0.25, 0.3) is 0 Å². The van der Waals surface area contributed by atoms with Crippen LogP contribution in [0.4, 0.5) is 0 Å². The minimum atomic E-state index is 0.0529. The van der Waals surface area contributed by atoms with Gasteiger partial charge in [0.2, 0.25) is 5.91 Å². The first-order valence-electron chi connectivity index (χ1n) is 11.2. The molecule has 5 heteroatoms. The summed E-state index contributed by atoms with van der Waals surface area (Å²) in [6.45, 7) is 4.92. The third-order valence-corrected chi connectivity index (χ3v) is 6.10. The summed E-state index contributed by atoms with van der Waals surface area (Å²) < 4.78 is 2.03. The summed E-state index contributed by atoms with van der Waals surface area (Å²) in [5.74, 6) is 0.871. The molecular weight excluding hydrogens is 372 g/mol. The molecule has 0 aliphatic heterocycles. The molecule has 2 N–H and O–H groups in total. The normalized spacial score (nSPS) is 14.8. The van der Waals surface area contributed by atoms with E-state index in [0.717, 1.165) is 46.7 Å². The van der Waals surface area contributed by atoms with Crippen LogP contribution in [-0.2, 0) is 11.3 Å². The molecule has 0 unspecified atom stereocenters. The van der Waals surface area contributed by atoms with Crippen LogP contribution in [0, 0.1) is 12.8 Å². The molecule has 1 saturated carbocycles. The van der Waals surface area contributed by atoms with E-state index in [1.165, 1.54) is 32.1 Å². The van der Waals surface area contributed by atoms with E-state index in [1.54, 1.807) is 0 Å². The Bertz CT molecular complexity index is 988. The number of carbonyl (C=O) groups is 1. The summed E-state index contributed by atoms with van der Waals surface area (Å²) in [5, 5.41) is 7.69. The van der Waals surface area contributed by atoms with Crippen LogP contribution >= 0.6 is 0 Å². The minimum Gasteiger partial charge on any atom is -0.353 e. The van der Waals surface area contributed by atoms with Gasteiger partial charge in [-0.3, -0.25) is 9.78 Å². The molecule has 0 spiro atoms. The van der Waals surface area contributed by atoms with Crippen LogP contribution < -0.4 is 10.6 Å². The molecule has 1 aromatic carbocycles. The summed E-state index contributed by atoms with van der Waals surface area (Å²) in [6.07, 6.45) is 10.7. The second-order valence-electron chi connectivity index (χ2n) is 8.46. The van der Waals surface area contributed by atoms with Gasteiger partial charge >= 0.3 is 0 Å². The SMILES string of the molecule is Cc1cc(-c2ccc3ccn(CC(=O)NCCNCC4CCCCC4)c3c2)ccn1. The molecule has 0 atom stereocenters. The van der Waals surface area contributed by atoms with Gasteiger partial charge in [-0.15, -0.1) is 0 Å². The first-order valence-corrected chi connectivity index (χ1v) is 11.2. The number of hydrogen-bond donors (Lipinski definition) is 2. The number of hydrogen-bond acceptors (Lipinski definition) is 3. The second-order valence-corrected chi connectivity index (χ2v) is 8.46. The second kappa shape index (κ2) is 9.90. The van der Waals surface area contributed by atoms with E-state index in [2.05, 4.69) is 45.9 Å². The summed E-state index contributed by atoms with van der Waals surface area (Å²) in [4.78, 5) is 16.7. The first-order chi connectivity index (χ1) is 14.7. The maximum Gasteiger partial charge on any atom is 0.239 e. The fourth-order valence-corrected chi connectivity index (χ4v) is 4.42. The molecule has 1 fully saturated rings. The number of carbonyl (C=O) groups excluding carboxylic acids is 1. The maximum absolute atomic E-state index is 12.5. The fourth-order valence-electron chi connectivity index (χ4n) is 4.42. The summed E-state index contributed by atoms with van der Waals surface area (Å²) in [6, 6.07) is 12.6. The molecule has 30 heavy (non-hydrogen) atoms. The Balaban J connectivity index is 1.30. The largest absolute Gasteiger partial charge is 0.353 e. The predicted octanol–water partition coefficient (Wildman–Crippen LogP) is 4.30. The van der Waals surface area contributed by atoms with Crippen LogP contribution in [0.3, 0.4) is 0 Å². The zero-order valence-corrected chi connectivity index (χ0v) is 17.9. The highest BCUT2D eigenvalue weighted by atomic mass is 16.1. The van der Waals surface area contributed by atoms with Crippen LogP contribution in [0.25, 0.3) is 22.0 Å². The van der Waals surface area contributed by atoms with Crippen molar-refractivity contribution in [3.63, 3.8) is 0 Å². The minimum absolute atomic E-state index is 0.0529. The van der Waals surface area contributed by atoms with Gasteiger partial charge in [0.15, 0.2) is 0 Å². The summed E-state index contributed by atoms with van der Waals surface area (Å²) in [7, 11) is 0. The van der Waals surface area contributed by atoms with Gasteiger partial charge < -0.3 is 15.2 Å². The number of rotatable bonds is 8. The Morgan fingerprint density at radius 2 is 1.90 bits per heavy atom. The van der Waals surface area contributed by atoms with E-state index >= 15 is 0 Å². The molecule has 0 saturated heterocycles. The Morgan fingerprint density at radius 3 is 2.73 bits per heavy atom. The third-order valence-electron chi connectivity index (χ3n) is 6.10. The number of fused-ring (bicyclic) bond motifs is 1. The van der Waals surface area contributed by atoms with E-state index in [4.69, 9.17) is 0 Å². The lowest BCUT2D eigenvalue weighted by Gasteiger charge is -2.21. The van der Waals surface area contributed by atoms with Crippen molar-refractivity contribution in [3.05, 3.63) is 54.5 Å². The Morgan fingerprint density at radius 1 is 1.07 bits per heavy atom. The molecule has 5 nitrogen and oxygen atoms in total. The summed E-state index contributed by atoms with van der Waals surface area (Å²) >= 11 is 0. The van der Waals surface area contributed by atoms with Gasteiger partial charge in [0, 0.05) is 36.7 Å². The molecule has 1 amide bonds. The van der Waals surface area contributed by atoms with Crippen molar-refractivity contribution in [2.24, 2.45) is 5.92 Å². The molecule has 1 aliphatic carbocycles. The third kappa shape index (κ3) is 5.28. The number of benzene rings is 1. The quantitative estimate of drug-likeness (QED) is 0.551. The lowest BCUT2D eigenvalue weighted by Crippen LogP contribution is -2.35. The van der Waals surface area contributed by atoms with E-state index in [-0.39, 0.29) is 5.91 Å². The van der Waals surface area contributed by atoms with Crippen LogP contribution in [0.2, 0.25) is 0 Å². The molecule has 158 valence electrons.